The first-order valence-electron chi connectivity index (χ1n) is 5.57. The summed E-state index contributed by atoms with van der Waals surface area (Å²) in [4.78, 5) is 2.37. The van der Waals surface area contributed by atoms with E-state index in [0.29, 0.717) is 0 Å². The van der Waals surface area contributed by atoms with E-state index < -0.39 is 0 Å². The molecule has 0 radical (unpaired) electrons. The number of nitrogens with two attached hydrogens (primary N) is 2. The molecule has 0 aromatic heterocycles. The highest BCUT2D eigenvalue weighted by Gasteiger charge is 2.16. The zero-order chi connectivity index (χ0) is 10.2. The Morgan fingerprint density at radius 3 is 2.14 bits per heavy atom. The molecule has 4 heteroatoms. The normalized spacial score (nSPS) is 19.1. The van der Waals surface area contributed by atoms with Crippen LogP contribution in [0.2, 0.25) is 0 Å². The van der Waals surface area contributed by atoms with Crippen molar-refractivity contribution in [2.24, 2.45) is 17.4 Å². The molecule has 4 nitrogen and oxygen atoms in total. The van der Waals surface area contributed by atoms with Crippen LogP contribution in [0.5, 0.6) is 0 Å². The summed E-state index contributed by atoms with van der Waals surface area (Å²) < 4.78 is 5.33. The van der Waals surface area contributed by atoms with Gasteiger partial charge in [0.05, 0.1) is 0 Å². The molecule has 0 aromatic rings. The summed E-state index contributed by atoms with van der Waals surface area (Å²) in [6, 6.07) is 0. The van der Waals surface area contributed by atoms with Gasteiger partial charge in [-0.1, -0.05) is 0 Å². The third-order valence-electron chi connectivity index (χ3n) is 2.75. The van der Waals surface area contributed by atoms with Crippen LogP contribution in [0.3, 0.4) is 0 Å². The van der Waals surface area contributed by atoms with Crippen LogP contribution in [0.4, 0.5) is 0 Å². The van der Waals surface area contributed by atoms with E-state index in [2.05, 4.69) is 4.90 Å². The first kappa shape index (κ1) is 11.9. The van der Waals surface area contributed by atoms with Gasteiger partial charge in [-0.2, -0.15) is 0 Å². The zero-order valence-corrected chi connectivity index (χ0v) is 8.95. The van der Waals surface area contributed by atoms with E-state index in [-0.39, 0.29) is 0 Å². The largest absolute Gasteiger partial charge is 0.381 e. The van der Waals surface area contributed by atoms with Gasteiger partial charge < -0.3 is 21.1 Å². The van der Waals surface area contributed by atoms with E-state index in [0.717, 1.165) is 51.9 Å². The summed E-state index contributed by atoms with van der Waals surface area (Å²) in [5.41, 5.74) is 11.1. The van der Waals surface area contributed by atoms with Gasteiger partial charge in [0.25, 0.3) is 0 Å². The minimum absolute atomic E-state index is 0.725. The summed E-state index contributed by atoms with van der Waals surface area (Å²) in [5.74, 6) is 0.779. The lowest BCUT2D eigenvalue weighted by Crippen LogP contribution is -2.38. The van der Waals surface area contributed by atoms with E-state index in [9.17, 15) is 0 Å². The lowest BCUT2D eigenvalue weighted by Gasteiger charge is -2.29. The molecule has 0 amide bonds. The van der Waals surface area contributed by atoms with E-state index in [1.807, 2.05) is 0 Å². The molecule has 1 aliphatic heterocycles. The monoisotopic (exact) mass is 201 g/mol. The van der Waals surface area contributed by atoms with Gasteiger partial charge in [-0.05, 0) is 18.8 Å². The molecule has 1 saturated heterocycles. The van der Waals surface area contributed by atoms with Crippen LogP contribution in [0.1, 0.15) is 12.8 Å². The van der Waals surface area contributed by atoms with Gasteiger partial charge in [0, 0.05) is 45.9 Å². The second-order valence-electron chi connectivity index (χ2n) is 3.93. The van der Waals surface area contributed by atoms with E-state index in [1.54, 1.807) is 0 Å². The summed E-state index contributed by atoms with van der Waals surface area (Å²) in [7, 11) is 0. The minimum atomic E-state index is 0.725. The molecule has 0 spiro atoms. The second kappa shape index (κ2) is 7.17. The van der Waals surface area contributed by atoms with E-state index in [4.69, 9.17) is 16.2 Å². The van der Waals surface area contributed by atoms with Crippen LogP contribution >= 0.6 is 0 Å². The van der Waals surface area contributed by atoms with Gasteiger partial charge in [-0.3, -0.25) is 0 Å². The number of hydrogen-bond donors (Lipinski definition) is 2. The molecule has 1 fully saturated rings. The molecule has 0 aromatic carbocycles. The summed E-state index contributed by atoms with van der Waals surface area (Å²) in [6.07, 6.45) is 2.37. The Morgan fingerprint density at radius 1 is 1.07 bits per heavy atom. The third-order valence-corrected chi connectivity index (χ3v) is 2.75. The molecule has 1 heterocycles. The number of hydrogen-bond acceptors (Lipinski definition) is 4. The lowest BCUT2D eigenvalue weighted by atomic mass is 10.00. The Morgan fingerprint density at radius 2 is 1.64 bits per heavy atom. The van der Waals surface area contributed by atoms with Crippen molar-refractivity contribution in [3.05, 3.63) is 0 Å². The van der Waals surface area contributed by atoms with Crippen molar-refractivity contribution < 1.29 is 4.74 Å². The van der Waals surface area contributed by atoms with Crippen LogP contribution < -0.4 is 11.5 Å². The third kappa shape index (κ3) is 4.37. The lowest BCUT2D eigenvalue weighted by molar-refractivity contribution is 0.0533. The standard InChI is InChI=1S/C10H23N3O/c11-3-5-13(6-4-12)9-10-1-7-14-8-2-10/h10H,1-9,11-12H2. The van der Waals surface area contributed by atoms with Crippen LogP contribution in [-0.2, 0) is 4.74 Å². The Balaban J connectivity index is 2.21. The Hall–Kier alpha value is -0.160. The number of nitrogens with zero attached hydrogens (tertiary/aromatic N) is 1. The van der Waals surface area contributed by atoms with Crippen LogP contribution in [0.15, 0.2) is 0 Å². The fourth-order valence-electron chi connectivity index (χ4n) is 1.95. The topological polar surface area (TPSA) is 64.5 Å². The maximum absolute atomic E-state index is 5.56. The van der Waals surface area contributed by atoms with Crippen LogP contribution in [0, 0.1) is 5.92 Å². The molecule has 0 saturated carbocycles. The molecular formula is C10H23N3O. The first-order chi connectivity index (χ1) is 6.86. The van der Waals surface area contributed by atoms with Crippen molar-refractivity contribution in [3.63, 3.8) is 0 Å². The fourth-order valence-corrected chi connectivity index (χ4v) is 1.95. The second-order valence-corrected chi connectivity index (χ2v) is 3.93. The van der Waals surface area contributed by atoms with Crippen molar-refractivity contribution in [1.82, 2.24) is 4.90 Å². The molecule has 4 N–H and O–H groups in total. The number of ether oxygens (including phenoxy) is 1. The van der Waals surface area contributed by atoms with Crippen molar-refractivity contribution in [3.8, 4) is 0 Å². The highest BCUT2D eigenvalue weighted by molar-refractivity contribution is 4.69. The van der Waals surface area contributed by atoms with Crippen LogP contribution in [0.25, 0.3) is 0 Å². The van der Waals surface area contributed by atoms with Gasteiger partial charge in [-0.15, -0.1) is 0 Å². The highest BCUT2D eigenvalue weighted by Crippen LogP contribution is 2.15. The molecule has 0 atom stereocenters. The Bertz CT molecular complexity index is 131. The average Bonchev–Trinajstić information content (AvgIpc) is 2.20. The summed E-state index contributed by atoms with van der Waals surface area (Å²) in [5, 5.41) is 0. The Labute approximate surface area is 86.6 Å². The van der Waals surface area contributed by atoms with Crippen molar-refractivity contribution in [2.45, 2.75) is 12.8 Å². The molecule has 84 valence electrons. The smallest absolute Gasteiger partial charge is 0.0469 e. The fraction of sp³-hybridized carbons (Fsp3) is 1.00. The molecule has 0 unspecified atom stereocenters. The molecule has 1 aliphatic rings. The Kier molecular flexibility index (Phi) is 6.10. The summed E-state index contributed by atoms with van der Waals surface area (Å²) in [6.45, 7) is 6.36. The number of rotatable bonds is 6. The van der Waals surface area contributed by atoms with Crippen LogP contribution in [-0.4, -0.2) is 50.8 Å². The zero-order valence-electron chi connectivity index (χ0n) is 8.95. The molecular weight excluding hydrogens is 178 g/mol. The van der Waals surface area contributed by atoms with Gasteiger partial charge in [0.2, 0.25) is 0 Å². The van der Waals surface area contributed by atoms with Gasteiger partial charge >= 0.3 is 0 Å². The molecule has 0 aliphatic carbocycles. The minimum Gasteiger partial charge on any atom is -0.381 e. The van der Waals surface area contributed by atoms with E-state index in [1.165, 1.54) is 12.8 Å². The highest BCUT2D eigenvalue weighted by atomic mass is 16.5. The molecule has 0 bridgehead atoms. The van der Waals surface area contributed by atoms with E-state index >= 15 is 0 Å². The van der Waals surface area contributed by atoms with Gasteiger partial charge in [0.15, 0.2) is 0 Å². The summed E-state index contributed by atoms with van der Waals surface area (Å²) >= 11 is 0. The van der Waals surface area contributed by atoms with Crippen molar-refractivity contribution in [2.75, 3.05) is 45.9 Å². The SMILES string of the molecule is NCCN(CCN)CC1CCOCC1. The maximum Gasteiger partial charge on any atom is 0.0469 e. The predicted octanol–water partition coefficient (Wildman–Crippen LogP) is -0.368. The first-order valence-corrected chi connectivity index (χ1v) is 5.57. The van der Waals surface area contributed by atoms with Gasteiger partial charge in [0.1, 0.15) is 0 Å². The van der Waals surface area contributed by atoms with Gasteiger partial charge in [-0.25, -0.2) is 0 Å². The molecule has 14 heavy (non-hydrogen) atoms. The van der Waals surface area contributed by atoms with Crippen molar-refractivity contribution >= 4 is 0 Å². The predicted molar refractivity (Wildman–Crippen MR) is 58.1 cm³/mol. The maximum atomic E-state index is 5.56. The quantitative estimate of drug-likeness (QED) is 0.615. The van der Waals surface area contributed by atoms with Crippen molar-refractivity contribution in [1.29, 1.82) is 0 Å². The average molecular weight is 201 g/mol. The molecule has 1 rings (SSSR count).